The number of hydrogen-bond acceptors (Lipinski definition) is 3. The lowest BCUT2D eigenvalue weighted by molar-refractivity contribution is -0.145. The number of aromatic carboxylic acids is 1. The van der Waals surface area contributed by atoms with Gasteiger partial charge in [0.2, 0.25) is 0 Å². The molecule has 0 saturated heterocycles. The van der Waals surface area contributed by atoms with Crippen molar-refractivity contribution in [1.82, 2.24) is 9.78 Å². The van der Waals surface area contributed by atoms with Gasteiger partial charge in [-0.05, 0) is 25.1 Å². The summed E-state index contributed by atoms with van der Waals surface area (Å²) in [5, 5.41) is 12.4. The molecule has 0 aliphatic carbocycles. The Hall–Kier alpha value is -1.35. The van der Waals surface area contributed by atoms with Gasteiger partial charge in [-0.3, -0.25) is 4.68 Å². The van der Waals surface area contributed by atoms with Gasteiger partial charge in [0.15, 0.2) is 14.0 Å². The third-order valence-electron chi connectivity index (χ3n) is 4.07. The molecule has 1 aromatic heterocycles. The van der Waals surface area contributed by atoms with Gasteiger partial charge < -0.3 is 9.53 Å². The van der Waals surface area contributed by atoms with E-state index in [4.69, 9.17) is 9.53 Å². The predicted octanol–water partition coefficient (Wildman–Crippen LogP) is 4.01. The van der Waals surface area contributed by atoms with Crippen molar-refractivity contribution in [2.45, 2.75) is 64.7 Å². The predicted molar refractivity (Wildman–Crippen MR) is 81.9 cm³/mol. The summed E-state index contributed by atoms with van der Waals surface area (Å²) < 4.78 is 46.0. The van der Waals surface area contributed by atoms with Crippen LogP contribution < -0.4 is 0 Å². The molecule has 0 aromatic carbocycles. The Kier molecular flexibility index (Phi) is 5.37. The van der Waals surface area contributed by atoms with E-state index in [-0.39, 0.29) is 11.6 Å². The second-order valence-corrected chi connectivity index (χ2v) is 11.8. The zero-order valence-corrected chi connectivity index (χ0v) is 15.2. The minimum atomic E-state index is -4.79. The zero-order valence-electron chi connectivity index (χ0n) is 14.2. The van der Waals surface area contributed by atoms with Crippen LogP contribution in [0, 0.1) is 0 Å². The highest BCUT2D eigenvalue weighted by Gasteiger charge is 2.42. The van der Waals surface area contributed by atoms with Gasteiger partial charge in [0.1, 0.15) is 5.56 Å². The van der Waals surface area contributed by atoms with E-state index in [0.29, 0.717) is 4.68 Å². The van der Waals surface area contributed by atoms with Crippen LogP contribution in [-0.2, 0) is 17.1 Å². The smallest absolute Gasteiger partial charge is 0.433 e. The van der Waals surface area contributed by atoms with Gasteiger partial charge in [-0.15, -0.1) is 0 Å². The van der Waals surface area contributed by atoms with Gasteiger partial charge in [-0.2, -0.15) is 18.3 Å². The maximum absolute atomic E-state index is 13.1. The van der Waals surface area contributed by atoms with Crippen LogP contribution in [0.1, 0.15) is 43.7 Å². The molecule has 0 fully saturated rings. The quantitative estimate of drug-likeness (QED) is 0.813. The molecular weight excluding hydrogens is 329 g/mol. The molecule has 5 nitrogen and oxygen atoms in total. The van der Waals surface area contributed by atoms with Gasteiger partial charge in [0.05, 0.1) is 18.8 Å². The van der Waals surface area contributed by atoms with Crippen LogP contribution in [0.3, 0.4) is 0 Å². The maximum atomic E-state index is 13.1. The molecule has 1 aromatic rings. The molecular formula is C14H23F3N2O3Si. The van der Waals surface area contributed by atoms with Crippen molar-refractivity contribution in [3.63, 3.8) is 0 Å². The Balaban J connectivity index is 3.04. The van der Waals surface area contributed by atoms with E-state index in [1.807, 2.05) is 33.9 Å². The van der Waals surface area contributed by atoms with Crippen molar-refractivity contribution < 1.29 is 27.5 Å². The lowest BCUT2D eigenvalue weighted by Crippen LogP contribution is -2.44. The van der Waals surface area contributed by atoms with E-state index in [2.05, 4.69) is 5.10 Å². The van der Waals surface area contributed by atoms with Crippen molar-refractivity contribution in [2.24, 2.45) is 0 Å². The highest BCUT2D eigenvalue weighted by molar-refractivity contribution is 6.74. The van der Waals surface area contributed by atoms with Crippen LogP contribution in [0.4, 0.5) is 13.2 Å². The minimum absolute atomic E-state index is 0.0789. The molecule has 0 radical (unpaired) electrons. The molecule has 0 unspecified atom stereocenters. The van der Waals surface area contributed by atoms with Crippen molar-refractivity contribution in [2.75, 3.05) is 0 Å². The third-order valence-corrected chi connectivity index (χ3v) is 8.67. The molecule has 1 N–H and O–H groups in total. The molecule has 0 aliphatic heterocycles. The first kappa shape index (κ1) is 19.7. The molecule has 132 valence electrons. The highest BCUT2D eigenvalue weighted by atomic mass is 28.4. The van der Waals surface area contributed by atoms with Crippen molar-refractivity contribution >= 4 is 14.3 Å². The summed E-state index contributed by atoms with van der Waals surface area (Å²) in [7, 11) is -2.14. The van der Waals surface area contributed by atoms with Crippen molar-refractivity contribution in [3.05, 3.63) is 17.5 Å². The number of hydrogen-bond donors (Lipinski definition) is 1. The van der Waals surface area contributed by atoms with Crippen molar-refractivity contribution in [3.8, 4) is 0 Å². The third kappa shape index (κ3) is 4.57. The number of carbonyl (C=O) groups is 1. The normalized spacial score (nSPS) is 14.8. The van der Waals surface area contributed by atoms with Crippen LogP contribution >= 0.6 is 0 Å². The van der Waals surface area contributed by atoms with E-state index in [0.717, 1.165) is 6.20 Å². The van der Waals surface area contributed by atoms with Crippen LogP contribution in [-0.4, -0.2) is 35.3 Å². The summed E-state index contributed by atoms with van der Waals surface area (Å²) in [5.41, 5.74) is -2.10. The fourth-order valence-corrected chi connectivity index (χ4v) is 3.37. The Morgan fingerprint density at radius 2 is 1.91 bits per heavy atom. The number of nitrogens with zero attached hydrogens (tertiary/aromatic N) is 2. The average molecular weight is 352 g/mol. The fourth-order valence-electron chi connectivity index (χ4n) is 1.94. The number of rotatable bonds is 5. The summed E-state index contributed by atoms with van der Waals surface area (Å²) in [6, 6.07) is 0. The Morgan fingerprint density at radius 3 is 2.30 bits per heavy atom. The molecule has 1 rings (SSSR count). The van der Waals surface area contributed by atoms with Crippen LogP contribution in [0.15, 0.2) is 6.20 Å². The van der Waals surface area contributed by atoms with E-state index in [1.54, 1.807) is 6.92 Å². The molecule has 9 heteroatoms. The summed E-state index contributed by atoms with van der Waals surface area (Å²) in [6.45, 7) is 11.6. The molecule has 0 aliphatic rings. The lowest BCUT2D eigenvalue weighted by atomic mass is 10.2. The largest absolute Gasteiger partial charge is 0.478 e. The Morgan fingerprint density at radius 1 is 1.39 bits per heavy atom. The monoisotopic (exact) mass is 352 g/mol. The van der Waals surface area contributed by atoms with Gasteiger partial charge >= 0.3 is 12.1 Å². The van der Waals surface area contributed by atoms with Gasteiger partial charge in [-0.1, -0.05) is 20.8 Å². The maximum Gasteiger partial charge on any atom is 0.433 e. The van der Waals surface area contributed by atoms with E-state index in [9.17, 15) is 18.0 Å². The van der Waals surface area contributed by atoms with E-state index >= 15 is 0 Å². The van der Waals surface area contributed by atoms with Gasteiger partial charge in [-0.25, -0.2) is 4.79 Å². The molecule has 0 saturated carbocycles. The highest BCUT2D eigenvalue weighted by Crippen LogP contribution is 2.38. The SMILES string of the molecule is C[C@@H](Cn1ncc(C(=O)O)c1C(F)(F)F)O[Si](C)(C)C(C)(C)C. The number of carboxylic acids is 1. The molecule has 1 atom stereocenters. The fraction of sp³-hybridized carbons (Fsp3) is 0.714. The van der Waals surface area contributed by atoms with E-state index < -0.39 is 37.8 Å². The second-order valence-electron chi connectivity index (χ2n) is 7.08. The number of halogens is 3. The van der Waals surface area contributed by atoms with Crippen molar-refractivity contribution in [1.29, 1.82) is 0 Å². The van der Waals surface area contributed by atoms with Crippen LogP contribution in [0.5, 0.6) is 0 Å². The number of aromatic nitrogens is 2. The summed E-state index contributed by atoms with van der Waals surface area (Å²) >= 11 is 0. The lowest BCUT2D eigenvalue weighted by Gasteiger charge is -2.38. The molecule has 0 amide bonds. The second kappa shape index (κ2) is 6.27. The Labute approximate surface area is 134 Å². The molecule has 23 heavy (non-hydrogen) atoms. The Bertz CT molecular complexity index is 577. The van der Waals surface area contributed by atoms with Crippen LogP contribution in [0.25, 0.3) is 0 Å². The summed E-state index contributed by atoms with van der Waals surface area (Å²) in [5.74, 6) is -1.65. The first-order valence-electron chi connectivity index (χ1n) is 7.21. The first-order chi connectivity index (χ1) is 10.2. The average Bonchev–Trinajstić information content (AvgIpc) is 2.69. The number of alkyl halides is 3. The zero-order chi connectivity index (χ0) is 18.2. The topological polar surface area (TPSA) is 64.4 Å². The molecule has 0 bridgehead atoms. The first-order valence-corrected chi connectivity index (χ1v) is 10.1. The van der Waals surface area contributed by atoms with Gasteiger partial charge in [0, 0.05) is 0 Å². The minimum Gasteiger partial charge on any atom is -0.478 e. The van der Waals surface area contributed by atoms with E-state index in [1.165, 1.54) is 0 Å². The molecule has 0 spiro atoms. The summed E-state index contributed by atoms with van der Waals surface area (Å²) in [4.78, 5) is 11.0. The van der Waals surface area contributed by atoms with Gasteiger partial charge in [0.25, 0.3) is 0 Å². The summed E-state index contributed by atoms with van der Waals surface area (Å²) in [6.07, 6.45) is -4.58. The number of carboxylic acid groups (broad SMARTS) is 1. The van der Waals surface area contributed by atoms with Crippen LogP contribution in [0.2, 0.25) is 18.1 Å². The molecule has 1 heterocycles. The standard InChI is InChI=1S/C14H23F3N2O3Si/c1-9(22-23(5,6)13(2,3)4)8-19-11(14(15,16)17)10(7-18-19)12(20)21/h7,9H,8H2,1-6H3,(H,20,21)/t9-/m0/s1.